The van der Waals surface area contributed by atoms with Crippen LogP contribution in [0, 0.1) is 24.7 Å². The third-order valence-corrected chi connectivity index (χ3v) is 3.75. The molecule has 1 aromatic carbocycles. The summed E-state index contributed by atoms with van der Waals surface area (Å²) in [5.74, 6) is 5.99. The molecule has 1 fully saturated rings. The van der Waals surface area contributed by atoms with Crippen LogP contribution in [0.5, 0.6) is 0 Å². The minimum Gasteiger partial charge on any atom is -0.384 e. The molecule has 1 aromatic rings. The van der Waals surface area contributed by atoms with Gasteiger partial charge in [0.15, 0.2) is 0 Å². The minimum absolute atomic E-state index is 0.0668. The molecular formula is C17H21NO2. The first-order valence-electron chi connectivity index (χ1n) is 7.19. The SMILES string of the molecule is Cc1ccc(C#CCO)c(C(=O)NCC2CCCC2)c1. The molecule has 3 heteroatoms. The molecule has 0 bridgehead atoms. The third kappa shape index (κ3) is 3.85. The Morgan fingerprint density at radius 1 is 1.40 bits per heavy atom. The van der Waals surface area contributed by atoms with Crippen LogP contribution in [0.2, 0.25) is 0 Å². The molecule has 1 aliphatic carbocycles. The Hall–Kier alpha value is -1.79. The second-order valence-corrected chi connectivity index (χ2v) is 5.37. The van der Waals surface area contributed by atoms with Crippen molar-refractivity contribution in [3.63, 3.8) is 0 Å². The van der Waals surface area contributed by atoms with E-state index in [2.05, 4.69) is 17.2 Å². The zero-order valence-corrected chi connectivity index (χ0v) is 11.9. The van der Waals surface area contributed by atoms with Gasteiger partial charge in [0, 0.05) is 12.1 Å². The first kappa shape index (κ1) is 14.6. The van der Waals surface area contributed by atoms with Crippen LogP contribution in [0.1, 0.15) is 47.2 Å². The van der Waals surface area contributed by atoms with Crippen LogP contribution < -0.4 is 5.32 Å². The number of nitrogens with one attached hydrogen (secondary N) is 1. The van der Waals surface area contributed by atoms with E-state index in [-0.39, 0.29) is 12.5 Å². The smallest absolute Gasteiger partial charge is 0.252 e. The molecule has 106 valence electrons. The van der Waals surface area contributed by atoms with E-state index >= 15 is 0 Å². The summed E-state index contributed by atoms with van der Waals surface area (Å²) in [6.07, 6.45) is 4.98. The van der Waals surface area contributed by atoms with Gasteiger partial charge in [-0.1, -0.05) is 36.3 Å². The van der Waals surface area contributed by atoms with Gasteiger partial charge in [-0.3, -0.25) is 4.79 Å². The number of aliphatic hydroxyl groups is 1. The predicted octanol–water partition coefficient (Wildman–Crippen LogP) is 2.26. The fourth-order valence-electron chi connectivity index (χ4n) is 2.64. The third-order valence-electron chi connectivity index (χ3n) is 3.75. The Balaban J connectivity index is 2.08. The zero-order chi connectivity index (χ0) is 14.4. The van der Waals surface area contributed by atoms with Gasteiger partial charge < -0.3 is 10.4 Å². The monoisotopic (exact) mass is 271 g/mol. The topological polar surface area (TPSA) is 49.3 Å². The molecule has 2 rings (SSSR count). The first-order chi connectivity index (χ1) is 9.70. The number of aryl methyl sites for hydroxylation is 1. The van der Waals surface area contributed by atoms with Gasteiger partial charge in [-0.25, -0.2) is 0 Å². The number of aliphatic hydroxyl groups excluding tert-OH is 1. The highest BCUT2D eigenvalue weighted by molar-refractivity contribution is 5.96. The fourth-order valence-corrected chi connectivity index (χ4v) is 2.64. The molecule has 1 saturated carbocycles. The van der Waals surface area contributed by atoms with E-state index in [1.165, 1.54) is 25.7 Å². The standard InChI is InChI=1S/C17H21NO2/c1-13-8-9-15(7-4-10-19)16(11-13)17(20)18-12-14-5-2-3-6-14/h8-9,11,14,19H,2-3,5-6,10,12H2,1H3,(H,18,20). The van der Waals surface area contributed by atoms with Crippen LogP contribution in [0.4, 0.5) is 0 Å². The lowest BCUT2D eigenvalue weighted by atomic mass is 10.0. The highest BCUT2D eigenvalue weighted by atomic mass is 16.2. The molecule has 1 aliphatic rings. The Kier molecular flexibility index (Phi) is 5.20. The van der Waals surface area contributed by atoms with Gasteiger partial charge in [-0.15, -0.1) is 0 Å². The van der Waals surface area contributed by atoms with E-state index in [9.17, 15) is 4.79 Å². The predicted molar refractivity (Wildman–Crippen MR) is 79.4 cm³/mol. The molecular weight excluding hydrogens is 250 g/mol. The van der Waals surface area contributed by atoms with E-state index in [0.717, 1.165) is 12.1 Å². The van der Waals surface area contributed by atoms with E-state index in [0.29, 0.717) is 17.0 Å². The fraction of sp³-hybridized carbons (Fsp3) is 0.471. The number of rotatable bonds is 3. The van der Waals surface area contributed by atoms with Crippen molar-refractivity contribution in [1.29, 1.82) is 0 Å². The van der Waals surface area contributed by atoms with E-state index in [1.807, 2.05) is 25.1 Å². The highest BCUT2D eigenvalue weighted by Crippen LogP contribution is 2.23. The van der Waals surface area contributed by atoms with Crippen molar-refractivity contribution < 1.29 is 9.90 Å². The Labute approximate surface area is 120 Å². The minimum atomic E-state index is -0.197. The number of hydrogen-bond donors (Lipinski definition) is 2. The molecule has 0 radical (unpaired) electrons. The quantitative estimate of drug-likeness (QED) is 0.828. The maximum Gasteiger partial charge on any atom is 0.252 e. The summed E-state index contributed by atoms with van der Waals surface area (Å²) >= 11 is 0. The van der Waals surface area contributed by atoms with Gasteiger partial charge in [-0.05, 0) is 37.8 Å². The summed E-state index contributed by atoms with van der Waals surface area (Å²) in [7, 11) is 0. The molecule has 1 amide bonds. The van der Waals surface area contributed by atoms with E-state index < -0.39 is 0 Å². The summed E-state index contributed by atoms with van der Waals surface area (Å²) in [4.78, 5) is 12.3. The van der Waals surface area contributed by atoms with Crippen LogP contribution in [-0.4, -0.2) is 24.2 Å². The molecule has 0 aromatic heterocycles. The van der Waals surface area contributed by atoms with Gasteiger partial charge in [-0.2, -0.15) is 0 Å². The maximum atomic E-state index is 12.3. The molecule has 0 saturated heterocycles. The molecule has 20 heavy (non-hydrogen) atoms. The maximum absolute atomic E-state index is 12.3. The summed E-state index contributed by atoms with van der Waals surface area (Å²) in [5.41, 5.74) is 2.31. The van der Waals surface area contributed by atoms with Crippen LogP contribution >= 0.6 is 0 Å². The van der Waals surface area contributed by atoms with Crippen LogP contribution in [0.25, 0.3) is 0 Å². The number of amides is 1. The number of hydrogen-bond acceptors (Lipinski definition) is 2. The van der Waals surface area contributed by atoms with Crippen LogP contribution in [-0.2, 0) is 0 Å². The molecule has 0 spiro atoms. The average Bonchev–Trinajstić information content (AvgIpc) is 2.96. The summed E-state index contributed by atoms with van der Waals surface area (Å²) in [5, 5.41) is 11.8. The van der Waals surface area contributed by atoms with E-state index in [4.69, 9.17) is 5.11 Å². The lowest BCUT2D eigenvalue weighted by molar-refractivity contribution is 0.0947. The number of carbonyl (C=O) groups is 1. The zero-order valence-electron chi connectivity index (χ0n) is 11.9. The normalized spacial score (nSPS) is 14.7. The average molecular weight is 271 g/mol. The first-order valence-corrected chi connectivity index (χ1v) is 7.19. The van der Waals surface area contributed by atoms with Crippen LogP contribution in [0.15, 0.2) is 18.2 Å². The van der Waals surface area contributed by atoms with Crippen molar-refractivity contribution in [1.82, 2.24) is 5.32 Å². The molecule has 2 N–H and O–H groups in total. The Morgan fingerprint density at radius 3 is 2.85 bits per heavy atom. The second kappa shape index (κ2) is 7.12. The van der Waals surface area contributed by atoms with Gasteiger partial charge in [0.1, 0.15) is 6.61 Å². The lowest BCUT2D eigenvalue weighted by Gasteiger charge is -2.12. The van der Waals surface area contributed by atoms with Crippen molar-refractivity contribution >= 4 is 5.91 Å². The largest absolute Gasteiger partial charge is 0.384 e. The Morgan fingerprint density at radius 2 is 2.15 bits per heavy atom. The second-order valence-electron chi connectivity index (χ2n) is 5.37. The molecule has 0 atom stereocenters. The molecule has 3 nitrogen and oxygen atoms in total. The van der Waals surface area contributed by atoms with Gasteiger partial charge in [0.25, 0.3) is 5.91 Å². The van der Waals surface area contributed by atoms with Crippen molar-refractivity contribution in [2.75, 3.05) is 13.2 Å². The number of carbonyl (C=O) groups excluding carboxylic acids is 1. The molecule has 0 unspecified atom stereocenters. The Bertz CT molecular complexity index is 534. The van der Waals surface area contributed by atoms with Crippen molar-refractivity contribution in [2.45, 2.75) is 32.6 Å². The van der Waals surface area contributed by atoms with Crippen molar-refractivity contribution in [3.05, 3.63) is 34.9 Å². The van der Waals surface area contributed by atoms with E-state index in [1.54, 1.807) is 0 Å². The molecule has 0 aliphatic heterocycles. The summed E-state index contributed by atoms with van der Waals surface area (Å²) in [6, 6.07) is 5.61. The van der Waals surface area contributed by atoms with Gasteiger partial charge in [0.05, 0.1) is 5.56 Å². The lowest BCUT2D eigenvalue weighted by Crippen LogP contribution is -2.29. The van der Waals surface area contributed by atoms with Gasteiger partial charge in [0.2, 0.25) is 0 Å². The van der Waals surface area contributed by atoms with Gasteiger partial charge >= 0.3 is 0 Å². The summed E-state index contributed by atoms with van der Waals surface area (Å²) in [6.45, 7) is 2.51. The highest BCUT2D eigenvalue weighted by Gasteiger charge is 2.17. The van der Waals surface area contributed by atoms with Crippen molar-refractivity contribution in [3.8, 4) is 11.8 Å². The summed E-state index contributed by atoms with van der Waals surface area (Å²) < 4.78 is 0. The van der Waals surface area contributed by atoms with Crippen LogP contribution in [0.3, 0.4) is 0 Å². The molecule has 0 heterocycles. The van der Waals surface area contributed by atoms with Crippen molar-refractivity contribution in [2.24, 2.45) is 5.92 Å². The number of benzene rings is 1.